The summed E-state index contributed by atoms with van der Waals surface area (Å²) in [6.07, 6.45) is 0. The van der Waals surface area contributed by atoms with Crippen molar-refractivity contribution in [2.24, 2.45) is 0 Å². The van der Waals surface area contributed by atoms with Gasteiger partial charge in [-0.2, -0.15) is 0 Å². The van der Waals surface area contributed by atoms with Gasteiger partial charge in [-0.25, -0.2) is 0 Å². The van der Waals surface area contributed by atoms with Crippen molar-refractivity contribution in [1.29, 1.82) is 0 Å². The van der Waals surface area contributed by atoms with Gasteiger partial charge in [0.2, 0.25) is 0 Å². The highest BCUT2D eigenvalue weighted by atomic mass is 79.9. The highest BCUT2D eigenvalue weighted by molar-refractivity contribution is 9.10. The summed E-state index contributed by atoms with van der Waals surface area (Å²) in [5.74, 6) is 1.86. The van der Waals surface area contributed by atoms with Crippen LogP contribution in [-0.4, -0.2) is 0 Å². The summed E-state index contributed by atoms with van der Waals surface area (Å²) in [6, 6.07) is 12.0. The van der Waals surface area contributed by atoms with Gasteiger partial charge < -0.3 is 4.42 Å². The van der Waals surface area contributed by atoms with Crippen molar-refractivity contribution in [3.05, 3.63) is 46.6 Å². The average Bonchev–Trinajstić information content (AvgIpc) is 2.53. The van der Waals surface area contributed by atoms with E-state index in [-0.39, 0.29) is 0 Å². The number of rotatable bonds is 1. The molecule has 0 saturated heterocycles. The first-order valence-electron chi connectivity index (χ1n) is 4.08. The van der Waals surface area contributed by atoms with Crippen molar-refractivity contribution in [3.63, 3.8) is 0 Å². The zero-order chi connectivity index (χ0) is 9.26. The van der Waals surface area contributed by atoms with E-state index in [1.54, 1.807) is 0 Å². The molecule has 0 aliphatic carbocycles. The molecule has 0 aliphatic heterocycles. The molecule has 2 heteroatoms. The molecule has 66 valence electrons. The molecule has 1 nitrogen and oxygen atoms in total. The van der Waals surface area contributed by atoms with Gasteiger partial charge in [0.1, 0.15) is 11.5 Å². The van der Waals surface area contributed by atoms with E-state index in [2.05, 4.69) is 15.9 Å². The molecule has 1 heterocycles. The summed E-state index contributed by atoms with van der Waals surface area (Å²) in [6.45, 7) is 1.95. The summed E-state index contributed by atoms with van der Waals surface area (Å²) < 4.78 is 6.58. The fraction of sp³-hybridized carbons (Fsp3) is 0.0909. The largest absolute Gasteiger partial charge is 0.461 e. The molecular weight excluding hydrogens is 228 g/mol. The average molecular weight is 237 g/mol. The molecule has 0 fully saturated rings. The maximum atomic E-state index is 5.49. The zero-order valence-electron chi connectivity index (χ0n) is 7.25. The van der Waals surface area contributed by atoms with Crippen molar-refractivity contribution < 1.29 is 4.42 Å². The van der Waals surface area contributed by atoms with Crippen molar-refractivity contribution >= 4 is 15.9 Å². The quantitative estimate of drug-likeness (QED) is 0.730. The third-order valence-electron chi connectivity index (χ3n) is 1.87. The van der Waals surface area contributed by atoms with Gasteiger partial charge in [-0.1, -0.05) is 28.1 Å². The van der Waals surface area contributed by atoms with Gasteiger partial charge >= 0.3 is 0 Å². The fourth-order valence-electron chi connectivity index (χ4n) is 1.20. The Morgan fingerprint density at radius 2 is 1.69 bits per heavy atom. The Hall–Kier alpha value is -1.02. The predicted octanol–water partition coefficient (Wildman–Crippen LogP) is 4.02. The van der Waals surface area contributed by atoms with E-state index >= 15 is 0 Å². The van der Waals surface area contributed by atoms with Crippen LogP contribution in [0.2, 0.25) is 0 Å². The third kappa shape index (κ3) is 1.83. The Labute approximate surface area is 85.5 Å². The number of hydrogen-bond acceptors (Lipinski definition) is 1. The number of furan rings is 1. The Kier molecular flexibility index (Phi) is 2.23. The molecule has 0 bridgehead atoms. The maximum Gasteiger partial charge on any atom is 0.134 e. The minimum Gasteiger partial charge on any atom is -0.461 e. The second-order valence-electron chi connectivity index (χ2n) is 2.92. The maximum absolute atomic E-state index is 5.49. The van der Waals surface area contributed by atoms with E-state index in [1.807, 2.05) is 43.3 Å². The van der Waals surface area contributed by atoms with E-state index in [1.165, 1.54) is 0 Å². The normalized spacial score (nSPS) is 10.3. The van der Waals surface area contributed by atoms with Crippen LogP contribution in [0.25, 0.3) is 11.3 Å². The Bertz CT molecular complexity index is 400. The van der Waals surface area contributed by atoms with Gasteiger partial charge in [0.05, 0.1) is 0 Å². The smallest absolute Gasteiger partial charge is 0.134 e. The Balaban J connectivity index is 2.41. The van der Waals surface area contributed by atoms with Crippen LogP contribution in [0.5, 0.6) is 0 Å². The molecule has 2 rings (SSSR count). The first-order valence-corrected chi connectivity index (χ1v) is 4.87. The van der Waals surface area contributed by atoms with Crippen molar-refractivity contribution in [1.82, 2.24) is 0 Å². The first-order chi connectivity index (χ1) is 6.25. The van der Waals surface area contributed by atoms with Gasteiger partial charge in [0.15, 0.2) is 0 Å². The lowest BCUT2D eigenvalue weighted by Crippen LogP contribution is -1.71. The molecule has 2 aromatic rings. The van der Waals surface area contributed by atoms with Crippen LogP contribution >= 0.6 is 15.9 Å². The molecule has 0 unspecified atom stereocenters. The number of aryl methyl sites for hydroxylation is 1. The second-order valence-corrected chi connectivity index (χ2v) is 3.83. The molecule has 0 spiro atoms. The first kappa shape index (κ1) is 8.57. The van der Waals surface area contributed by atoms with E-state index in [0.717, 1.165) is 21.6 Å². The summed E-state index contributed by atoms with van der Waals surface area (Å²) in [5, 5.41) is 0. The molecular formula is C11H9BrO. The highest BCUT2D eigenvalue weighted by Gasteiger charge is 2.00. The predicted molar refractivity (Wildman–Crippen MR) is 56.6 cm³/mol. The van der Waals surface area contributed by atoms with E-state index < -0.39 is 0 Å². The third-order valence-corrected chi connectivity index (χ3v) is 2.40. The van der Waals surface area contributed by atoms with Gasteiger partial charge in [0, 0.05) is 10.0 Å². The monoisotopic (exact) mass is 236 g/mol. The Morgan fingerprint density at radius 3 is 2.23 bits per heavy atom. The second kappa shape index (κ2) is 3.38. The summed E-state index contributed by atoms with van der Waals surface area (Å²) in [7, 11) is 0. The van der Waals surface area contributed by atoms with Crippen LogP contribution in [0.3, 0.4) is 0 Å². The zero-order valence-corrected chi connectivity index (χ0v) is 8.84. The fourth-order valence-corrected chi connectivity index (χ4v) is 1.47. The molecule has 0 saturated carbocycles. The number of halogens is 1. The minimum atomic E-state index is 0.921. The van der Waals surface area contributed by atoms with E-state index in [0.29, 0.717) is 0 Å². The Morgan fingerprint density at radius 1 is 1.00 bits per heavy atom. The molecule has 0 atom stereocenters. The molecule has 13 heavy (non-hydrogen) atoms. The molecule has 1 aromatic carbocycles. The van der Waals surface area contributed by atoms with Crippen molar-refractivity contribution in [2.75, 3.05) is 0 Å². The molecule has 0 radical (unpaired) electrons. The topological polar surface area (TPSA) is 13.1 Å². The standard InChI is InChI=1S/C11H9BrO/c1-8-2-7-11(13-8)9-3-5-10(12)6-4-9/h2-7H,1H3. The van der Waals surface area contributed by atoms with Crippen molar-refractivity contribution in [2.45, 2.75) is 6.92 Å². The van der Waals surface area contributed by atoms with Crippen LogP contribution in [0.1, 0.15) is 5.76 Å². The van der Waals surface area contributed by atoms with Gasteiger partial charge in [-0.15, -0.1) is 0 Å². The SMILES string of the molecule is Cc1ccc(-c2ccc(Br)cc2)o1. The van der Waals surface area contributed by atoms with E-state index in [9.17, 15) is 0 Å². The van der Waals surface area contributed by atoms with Crippen LogP contribution in [0.4, 0.5) is 0 Å². The molecule has 0 N–H and O–H groups in total. The van der Waals surface area contributed by atoms with Crippen LogP contribution in [-0.2, 0) is 0 Å². The van der Waals surface area contributed by atoms with Crippen LogP contribution in [0.15, 0.2) is 45.3 Å². The number of benzene rings is 1. The molecule has 0 amide bonds. The minimum absolute atomic E-state index is 0.921. The van der Waals surface area contributed by atoms with Gasteiger partial charge in [0.25, 0.3) is 0 Å². The highest BCUT2D eigenvalue weighted by Crippen LogP contribution is 2.23. The van der Waals surface area contributed by atoms with Gasteiger partial charge in [-0.3, -0.25) is 0 Å². The van der Waals surface area contributed by atoms with E-state index in [4.69, 9.17) is 4.42 Å². The summed E-state index contributed by atoms with van der Waals surface area (Å²) in [5.41, 5.74) is 1.11. The molecule has 0 aliphatic rings. The van der Waals surface area contributed by atoms with Gasteiger partial charge in [-0.05, 0) is 31.2 Å². The lowest BCUT2D eigenvalue weighted by atomic mass is 10.2. The lowest BCUT2D eigenvalue weighted by Gasteiger charge is -1.96. The lowest BCUT2D eigenvalue weighted by molar-refractivity contribution is 0.548. The van der Waals surface area contributed by atoms with Crippen molar-refractivity contribution in [3.8, 4) is 11.3 Å². The summed E-state index contributed by atoms with van der Waals surface area (Å²) >= 11 is 3.39. The molecule has 1 aromatic heterocycles. The summed E-state index contributed by atoms with van der Waals surface area (Å²) in [4.78, 5) is 0. The number of hydrogen-bond donors (Lipinski definition) is 0. The van der Waals surface area contributed by atoms with Crippen LogP contribution < -0.4 is 0 Å². The van der Waals surface area contributed by atoms with Crippen LogP contribution in [0, 0.1) is 6.92 Å².